The Bertz CT molecular complexity index is 1220. The molecule has 0 fully saturated rings. The maximum absolute atomic E-state index is 13.1. The topological polar surface area (TPSA) is 67.3 Å². The number of hydrogen-bond acceptors (Lipinski definition) is 3. The normalized spacial score (nSPS) is 11.1. The molecule has 2 heterocycles. The van der Waals surface area contributed by atoms with Gasteiger partial charge in [0.15, 0.2) is 0 Å². The summed E-state index contributed by atoms with van der Waals surface area (Å²) in [5, 5.41) is 1.41. The third-order valence-electron chi connectivity index (χ3n) is 4.89. The average molecular weight is 361 g/mol. The summed E-state index contributed by atoms with van der Waals surface area (Å²) in [6, 6.07) is 16.5. The number of para-hydroxylation sites is 1. The predicted octanol–water partition coefficient (Wildman–Crippen LogP) is 3.31. The molecule has 0 saturated heterocycles. The minimum atomic E-state index is -0.203. The highest BCUT2D eigenvalue weighted by Gasteiger charge is 2.21. The van der Waals surface area contributed by atoms with Gasteiger partial charge in [-0.3, -0.25) is 9.59 Å². The number of nitrogens with one attached hydrogen (secondary N) is 1. The van der Waals surface area contributed by atoms with Crippen LogP contribution in [-0.4, -0.2) is 29.6 Å². The van der Waals surface area contributed by atoms with Crippen molar-refractivity contribution in [2.45, 2.75) is 0 Å². The molecule has 4 aromatic rings. The number of nitrogens with zero attached hydrogens (tertiary/aromatic N) is 2. The Kier molecular flexibility index (Phi) is 3.96. The summed E-state index contributed by atoms with van der Waals surface area (Å²) in [6.45, 7) is 0. The van der Waals surface area contributed by atoms with E-state index in [1.165, 1.54) is 0 Å². The fraction of sp³-hybridized carbons (Fsp3) is 0.143. The molecule has 6 nitrogen and oxygen atoms in total. The van der Waals surface area contributed by atoms with E-state index in [0.29, 0.717) is 11.1 Å². The second kappa shape index (κ2) is 6.32. The van der Waals surface area contributed by atoms with Crippen LogP contribution in [0.5, 0.6) is 5.75 Å². The Labute approximate surface area is 155 Å². The molecule has 6 heteroatoms. The number of rotatable bonds is 3. The van der Waals surface area contributed by atoms with Gasteiger partial charge >= 0.3 is 0 Å². The Balaban J connectivity index is 1.84. The summed E-state index contributed by atoms with van der Waals surface area (Å²) in [6.07, 6.45) is 0. The summed E-state index contributed by atoms with van der Waals surface area (Å²) in [5.74, 6) is 0.532. The van der Waals surface area contributed by atoms with Gasteiger partial charge in [0.2, 0.25) is 0 Å². The second-order valence-electron chi connectivity index (χ2n) is 6.41. The summed E-state index contributed by atoms with van der Waals surface area (Å²) in [5.41, 5.74) is 2.49. The summed E-state index contributed by atoms with van der Waals surface area (Å²) < 4.78 is 6.95. The lowest BCUT2D eigenvalue weighted by atomic mass is 10.1. The Hall–Kier alpha value is -3.54. The van der Waals surface area contributed by atoms with Crippen molar-refractivity contribution in [1.82, 2.24) is 9.55 Å². The molecule has 4 rings (SSSR count). The number of fused-ring (bicyclic) bond motifs is 3. The van der Waals surface area contributed by atoms with Crippen molar-refractivity contribution < 1.29 is 9.53 Å². The number of ether oxygens (including phenoxy) is 1. The first kappa shape index (κ1) is 16.9. The highest BCUT2D eigenvalue weighted by Crippen LogP contribution is 2.26. The van der Waals surface area contributed by atoms with Gasteiger partial charge in [-0.1, -0.05) is 18.2 Å². The Morgan fingerprint density at radius 3 is 2.48 bits per heavy atom. The fourth-order valence-electron chi connectivity index (χ4n) is 3.39. The molecule has 27 heavy (non-hydrogen) atoms. The van der Waals surface area contributed by atoms with E-state index in [9.17, 15) is 9.59 Å². The van der Waals surface area contributed by atoms with Crippen molar-refractivity contribution in [1.29, 1.82) is 0 Å². The number of hydrogen-bond donors (Lipinski definition) is 1. The molecule has 0 radical (unpaired) electrons. The van der Waals surface area contributed by atoms with Gasteiger partial charge in [0.25, 0.3) is 11.5 Å². The number of carbonyl (C=O) groups excluding carboxylic acids is 1. The van der Waals surface area contributed by atoms with E-state index in [4.69, 9.17) is 4.74 Å². The molecule has 0 aliphatic rings. The number of methoxy groups -OCH3 is 1. The average Bonchev–Trinajstić information content (AvgIpc) is 3.05. The summed E-state index contributed by atoms with van der Waals surface area (Å²) in [4.78, 5) is 30.0. The molecule has 2 aromatic carbocycles. The molecule has 0 spiro atoms. The van der Waals surface area contributed by atoms with Crippen LogP contribution in [0, 0.1) is 0 Å². The van der Waals surface area contributed by atoms with E-state index in [0.717, 1.165) is 27.9 Å². The summed E-state index contributed by atoms with van der Waals surface area (Å²) in [7, 11) is 5.12. The van der Waals surface area contributed by atoms with Crippen LogP contribution in [0.15, 0.2) is 59.4 Å². The number of aromatic amines is 1. The number of benzene rings is 2. The predicted molar refractivity (Wildman–Crippen MR) is 107 cm³/mol. The maximum Gasteiger partial charge on any atom is 0.274 e. The molecule has 1 amide bonds. The largest absolute Gasteiger partial charge is 0.497 e. The number of pyridine rings is 1. The molecule has 0 aliphatic heterocycles. The SMILES string of the molecule is COc1ccc(N(C)C(=O)c2cc3c(=O)[nH]c4ccccc4c3n2C)cc1. The van der Waals surface area contributed by atoms with E-state index in [1.54, 1.807) is 41.8 Å². The number of H-pyrrole nitrogens is 1. The highest BCUT2D eigenvalue weighted by atomic mass is 16.5. The molecule has 0 aliphatic carbocycles. The first-order valence-electron chi connectivity index (χ1n) is 8.54. The summed E-state index contributed by atoms with van der Waals surface area (Å²) >= 11 is 0. The third kappa shape index (κ3) is 2.66. The second-order valence-corrected chi connectivity index (χ2v) is 6.41. The lowest BCUT2D eigenvalue weighted by Gasteiger charge is -2.18. The van der Waals surface area contributed by atoms with Crippen LogP contribution in [0.1, 0.15) is 10.5 Å². The number of carbonyl (C=O) groups is 1. The van der Waals surface area contributed by atoms with Gasteiger partial charge in [0, 0.05) is 25.2 Å². The van der Waals surface area contributed by atoms with Crippen molar-refractivity contribution in [2.75, 3.05) is 19.1 Å². The van der Waals surface area contributed by atoms with Gasteiger partial charge in [-0.05, 0) is 36.4 Å². The van der Waals surface area contributed by atoms with E-state index in [-0.39, 0.29) is 11.5 Å². The quantitative estimate of drug-likeness (QED) is 0.609. The van der Waals surface area contributed by atoms with Gasteiger partial charge in [-0.25, -0.2) is 0 Å². The van der Waals surface area contributed by atoms with Crippen molar-refractivity contribution in [3.05, 3.63) is 70.6 Å². The lowest BCUT2D eigenvalue weighted by Crippen LogP contribution is -2.27. The molecule has 0 bridgehead atoms. The highest BCUT2D eigenvalue weighted by molar-refractivity contribution is 6.11. The molecule has 0 unspecified atom stereocenters. The van der Waals surface area contributed by atoms with E-state index < -0.39 is 0 Å². The number of amides is 1. The molecule has 0 saturated carbocycles. The van der Waals surface area contributed by atoms with Gasteiger partial charge in [-0.15, -0.1) is 0 Å². The van der Waals surface area contributed by atoms with Crippen molar-refractivity contribution in [2.24, 2.45) is 7.05 Å². The molecular weight excluding hydrogens is 342 g/mol. The van der Waals surface area contributed by atoms with Gasteiger partial charge in [0.05, 0.1) is 23.5 Å². The number of aromatic nitrogens is 2. The standard InChI is InChI=1S/C21H19N3O3/c1-23(13-8-10-14(27-3)11-9-13)21(26)18-12-16-19(24(18)2)15-6-4-5-7-17(15)22-20(16)25/h4-12H,1-3H3,(H,22,25). The zero-order chi connectivity index (χ0) is 19.1. The molecule has 1 N–H and O–H groups in total. The minimum Gasteiger partial charge on any atom is -0.497 e. The van der Waals surface area contributed by atoms with Gasteiger partial charge < -0.3 is 19.2 Å². The molecule has 2 aromatic heterocycles. The van der Waals surface area contributed by atoms with Crippen LogP contribution in [0.25, 0.3) is 21.8 Å². The monoisotopic (exact) mass is 361 g/mol. The number of anilines is 1. The van der Waals surface area contributed by atoms with E-state index in [1.807, 2.05) is 43.4 Å². The number of aryl methyl sites for hydroxylation is 1. The first-order valence-corrected chi connectivity index (χ1v) is 8.54. The van der Waals surface area contributed by atoms with Crippen molar-refractivity contribution in [3.63, 3.8) is 0 Å². The van der Waals surface area contributed by atoms with E-state index >= 15 is 0 Å². The molecular formula is C21H19N3O3. The van der Waals surface area contributed by atoms with E-state index in [2.05, 4.69) is 4.98 Å². The minimum absolute atomic E-state index is 0.192. The zero-order valence-corrected chi connectivity index (χ0v) is 15.3. The Morgan fingerprint density at radius 2 is 1.78 bits per heavy atom. The fourth-order valence-corrected chi connectivity index (χ4v) is 3.39. The maximum atomic E-state index is 13.1. The lowest BCUT2D eigenvalue weighted by molar-refractivity contribution is 0.0985. The van der Waals surface area contributed by atoms with Crippen molar-refractivity contribution >= 4 is 33.4 Å². The van der Waals surface area contributed by atoms with Gasteiger partial charge in [-0.2, -0.15) is 0 Å². The third-order valence-corrected chi connectivity index (χ3v) is 4.89. The first-order chi connectivity index (χ1) is 13.0. The van der Waals surface area contributed by atoms with Crippen LogP contribution < -0.4 is 15.2 Å². The molecule has 0 atom stereocenters. The van der Waals surface area contributed by atoms with Crippen LogP contribution in [0.4, 0.5) is 5.69 Å². The van der Waals surface area contributed by atoms with Crippen LogP contribution in [0.2, 0.25) is 0 Å². The Morgan fingerprint density at radius 1 is 1.07 bits per heavy atom. The van der Waals surface area contributed by atoms with Gasteiger partial charge in [0.1, 0.15) is 11.4 Å². The molecule has 136 valence electrons. The smallest absolute Gasteiger partial charge is 0.274 e. The van der Waals surface area contributed by atoms with Crippen molar-refractivity contribution in [3.8, 4) is 5.75 Å². The zero-order valence-electron chi connectivity index (χ0n) is 15.3. The van der Waals surface area contributed by atoms with Crippen LogP contribution in [0.3, 0.4) is 0 Å². The van der Waals surface area contributed by atoms with Crippen LogP contribution >= 0.6 is 0 Å². The van der Waals surface area contributed by atoms with Crippen LogP contribution in [-0.2, 0) is 7.05 Å².